The Hall–Kier alpha value is -2.98. The van der Waals surface area contributed by atoms with Gasteiger partial charge in [-0.25, -0.2) is 0 Å². The third-order valence-electron chi connectivity index (χ3n) is 4.32. The van der Waals surface area contributed by atoms with Crippen LogP contribution in [0.1, 0.15) is 15.9 Å². The van der Waals surface area contributed by atoms with E-state index in [0.29, 0.717) is 11.1 Å². The van der Waals surface area contributed by atoms with Gasteiger partial charge in [-0.05, 0) is 35.4 Å². The summed E-state index contributed by atoms with van der Waals surface area (Å²) < 4.78 is 0.860. The fourth-order valence-corrected chi connectivity index (χ4v) is 3.34. The number of hydrogen-bond acceptors (Lipinski definition) is 2. The fraction of sp³-hybridized carbons (Fsp3) is 0. The monoisotopic (exact) mass is 403 g/mol. The molecule has 0 atom stereocenters. The molecular formula is C22H14BrNO2. The maximum absolute atomic E-state index is 12.6. The molecule has 4 rings (SSSR count). The second kappa shape index (κ2) is 6.73. The number of allylic oxidation sites excluding steroid dienone is 1. The first-order valence-electron chi connectivity index (χ1n) is 8.14. The van der Waals surface area contributed by atoms with Crippen molar-refractivity contribution in [1.82, 2.24) is 0 Å². The largest absolute Gasteiger partial charge is 0.321 e. The molecule has 3 nitrogen and oxygen atoms in total. The van der Waals surface area contributed by atoms with E-state index in [9.17, 15) is 9.59 Å². The lowest BCUT2D eigenvalue weighted by atomic mass is 10.00. The molecule has 1 N–H and O–H groups in total. The second-order valence-corrected chi connectivity index (χ2v) is 6.93. The summed E-state index contributed by atoms with van der Waals surface area (Å²) >= 11 is 3.40. The van der Waals surface area contributed by atoms with Gasteiger partial charge in [0.25, 0.3) is 5.91 Å². The molecule has 0 unspecified atom stereocenters. The molecular weight excluding hydrogens is 390 g/mol. The van der Waals surface area contributed by atoms with Gasteiger partial charge in [0.2, 0.25) is 0 Å². The van der Waals surface area contributed by atoms with Crippen LogP contribution in [0.3, 0.4) is 0 Å². The number of anilines is 1. The number of amides is 1. The average molecular weight is 404 g/mol. The first-order chi connectivity index (χ1) is 12.6. The van der Waals surface area contributed by atoms with Gasteiger partial charge in [-0.15, -0.1) is 0 Å². The minimum Gasteiger partial charge on any atom is -0.321 e. The van der Waals surface area contributed by atoms with E-state index in [-0.39, 0.29) is 11.7 Å². The van der Waals surface area contributed by atoms with E-state index < -0.39 is 0 Å². The molecule has 126 valence electrons. The SMILES string of the molecule is O=C1Nc2ccc(Br)cc2C1=CC(=O)c1ccc(-c2ccccc2)cc1. The Balaban J connectivity index is 1.64. The molecule has 0 spiro atoms. The molecule has 0 fully saturated rings. The zero-order chi connectivity index (χ0) is 18.1. The first kappa shape index (κ1) is 16.5. The van der Waals surface area contributed by atoms with Crippen molar-refractivity contribution in [3.63, 3.8) is 0 Å². The van der Waals surface area contributed by atoms with E-state index in [1.54, 1.807) is 12.1 Å². The van der Waals surface area contributed by atoms with Crippen molar-refractivity contribution in [2.75, 3.05) is 5.32 Å². The minimum absolute atomic E-state index is 0.192. The number of halogens is 1. The van der Waals surface area contributed by atoms with Crippen LogP contribution in [-0.4, -0.2) is 11.7 Å². The van der Waals surface area contributed by atoms with Crippen LogP contribution in [0.5, 0.6) is 0 Å². The van der Waals surface area contributed by atoms with E-state index in [1.807, 2.05) is 60.7 Å². The highest BCUT2D eigenvalue weighted by Gasteiger charge is 2.25. The lowest BCUT2D eigenvalue weighted by Gasteiger charge is -2.03. The molecule has 1 aliphatic rings. The summed E-state index contributed by atoms with van der Waals surface area (Å²) in [5.74, 6) is -0.449. The number of carbonyl (C=O) groups is 2. The summed E-state index contributed by atoms with van der Waals surface area (Å²) in [6.45, 7) is 0. The van der Waals surface area contributed by atoms with Crippen molar-refractivity contribution in [2.24, 2.45) is 0 Å². The molecule has 0 aliphatic carbocycles. The van der Waals surface area contributed by atoms with E-state index >= 15 is 0 Å². The zero-order valence-corrected chi connectivity index (χ0v) is 15.3. The van der Waals surface area contributed by atoms with Crippen LogP contribution in [0.2, 0.25) is 0 Å². The highest BCUT2D eigenvalue weighted by Crippen LogP contribution is 2.34. The third kappa shape index (κ3) is 3.11. The van der Waals surface area contributed by atoms with Gasteiger partial charge in [-0.3, -0.25) is 9.59 Å². The van der Waals surface area contributed by atoms with Crippen LogP contribution in [0.4, 0.5) is 5.69 Å². The summed E-state index contributed by atoms with van der Waals surface area (Å²) in [5, 5.41) is 2.78. The van der Waals surface area contributed by atoms with Gasteiger partial charge in [0.05, 0.1) is 5.57 Å². The van der Waals surface area contributed by atoms with Crippen molar-refractivity contribution < 1.29 is 9.59 Å². The van der Waals surface area contributed by atoms with Crippen LogP contribution >= 0.6 is 15.9 Å². The molecule has 4 heteroatoms. The van der Waals surface area contributed by atoms with E-state index in [0.717, 1.165) is 26.9 Å². The summed E-state index contributed by atoms with van der Waals surface area (Å²) in [5.41, 5.74) is 4.53. The average Bonchev–Trinajstić information content (AvgIpc) is 2.97. The number of benzene rings is 3. The first-order valence-corrected chi connectivity index (χ1v) is 8.94. The van der Waals surface area contributed by atoms with Gasteiger partial charge < -0.3 is 5.32 Å². The maximum atomic E-state index is 12.6. The van der Waals surface area contributed by atoms with Gasteiger partial charge >= 0.3 is 0 Å². The lowest BCUT2D eigenvalue weighted by molar-refractivity contribution is -0.110. The van der Waals surface area contributed by atoms with Crippen LogP contribution in [0, 0.1) is 0 Å². The Labute approximate surface area is 159 Å². The van der Waals surface area contributed by atoms with Crippen LogP contribution in [0.15, 0.2) is 83.3 Å². The van der Waals surface area contributed by atoms with Crippen molar-refractivity contribution in [2.45, 2.75) is 0 Å². The molecule has 0 saturated carbocycles. The molecule has 3 aromatic rings. The Morgan fingerprint density at radius 2 is 1.58 bits per heavy atom. The topological polar surface area (TPSA) is 46.2 Å². The number of hydrogen-bond donors (Lipinski definition) is 1. The van der Waals surface area contributed by atoms with Crippen molar-refractivity contribution in [3.05, 3.63) is 94.5 Å². The molecule has 0 radical (unpaired) electrons. The van der Waals surface area contributed by atoms with E-state index in [4.69, 9.17) is 0 Å². The fourth-order valence-electron chi connectivity index (χ4n) is 2.98. The summed E-state index contributed by atoms with van der Waals surface area (Å²) in [6, 6.07) is 22.9. The Morgan fingerprint density at radius 1 is 0.885 bits per heavy atom. The number of fused-ring (bicyclic) bond motifs is 1. The molecule has 0 bridgehead atoms. The van der Waals surface area contributed by atoms with E-state index in [1.165, 1.54) is 6.08 Å². The molecule has 1 aliphatic heterocycles. The summed E-state index contributed by atoms with van der Waals surface area (Å²) in [7, 11) is 0. The molecule has 1 amide bonds. The van der Waals surface area contributed by atoms with Gasteiger partial charge in [0.1, 0.15) is 0 Å². The number of nitrogens with one attached hydrogen (secondary N) is 1. The maximum Gasteiger partial charge on any atom is 0.256 e. The molecule has 3 aromatic carbocycles. The standard InChI is InChI=1S/C22H14BrNO2/c23-17-10-11-20-18(12-17)19(22(26)24-20)13-21(25)16-8-6-15(7-9-16)14-4-2-1-3-5-14/h1-13H,(H,24,26). The predicted octanol–water partition coefficient (Wildman–Crippen LogP) is 5.33. The van der Waals surface area contributed by atoms with E-state index in [2.05, 4.69) is 21.2 Å². The number of ketones is 1. The van der Waals surface area contributed by atoms with Crippen molar-refractivity contribution in [1.29, 1.82) is 0 Å². The predicted molar refractivity (Wildman–Crippen MR) is 107 cm³/mol. The summed E-state index contributed by atoms with van der Waals surface area (Å²) in [6.07, 6.45) is 1.41. The summed E-state index contributed by atoms with van der Waals surface area (Å²) in [4.78, 5) is 24.8. The molecule has 0 aromatic heterocycles. The Kier molecular flexibility index (Phi) is 4.27. The molecule has 0 saturated heterocycles. The van der Waals surface area contributed by atoms with Gasteiger partial charge in [0, 0.05) is 21.3 Å². The van der Waals surface area contributed by atoms with Crippen LogP contribution < -0.4 is 5.32 Å². The zero-order valence-electron chi connectivity index (χ0n) is 13.7. The number of rotatable bonds is 3. The quantitative estimate of drug-likeness (QED) is 0.474. The second-order valence-electron chi connectivity index (χ2n) is 6.01. The highest BCUT2D eigenvalue weighted by atomic mass is 79.9. The normalized spacial score (nSPS) is 14.2. The smallest absolute Gasteiger partial charge is 0.256 e. The Morgan fingerprint density at radius 3 is 2.31 bits per heavy atom. The van der Waals surface area contributed by atoms with Gasteiger partial charge in [0.15, 0.2) is 5.78 Å². The van der Waals surface area contributed by atoms with Gasteiger partial charge in [-0.2, -0.15) is 0 Å². The molecule has 1 heterocycles. The van der Waals surface area contributed by atoms with Gasteiger partial charge in [-0.1, -0.05) is 70.5 Å². The highest BCUT2D eigenvalue weighted by molar-refractivity contribution is 9.10. The molecule has 26 heavy (non-hydrogen) atoms. The third-order valence-corrected chi connectivity index (χ3v) is 4.81. The van der Waals surface area contributed by atoms with Crippen molar-refractivity contribution >= 4 is 38.9 Å². The van der Waals surface area contributed by atoms with Crippen LogP contribution in [-0.2, 0) is 4.79 Å². The van der Waals surface area contributed by atoms with Crippen LogP contribution in [0.25, 0.3) is 16.7 Å². The number of carbonyl (C=O) groups excluding carboxylic acids is 2. The Bertz CT molecular complexity index is 1040. The van der Waals surface area contributed by atoms with Crippen molar-refractivity contribution in [3.8, 4) is 11.1 Å². The minimum atomic E-state index is -0.257. The lowest BCUT2D eigenvalue weighted by Crippen LogP contribution is -2.06.